The largest absolute Gasteiger partial charge is 0.395 e. The van der Waals surface area contributed by atoms with E-state index in [4.69, 9.17) is 5.11 Å². The summed E-state index contributed by atoms with van der Waals surface area (Å²) in [7, 11) is -2.81. The molecule has 0 atom stereocenters. The van der Waals surface area contributed by atoms with Gasteiger partial charge in [-0.3, -0.25) is 0 Å². The van der Waals surface area contributed by atoms with Crippen molar-refractivity contribution >= 4 is 10.0 Å². The fourth-order valence-corrected chi connectivity index (χ4v) is 3.09. The van der Waals surface area contributed by atoms with E-state index in [1.807, 2.05) is 0 Å². The monoisotopic (exact) mass is 317 g/mol. The molecule has 0 amide bonds. The molecule has 0 saturated heterocycles. The van der Waals surface area contributed by atoms with Crippen LogP contribution in [0.15, 0.2) is 17.0 Å². The SMILES string of the molecule is CC(C)N(C)S(=O)(=O)c1c(F)cc(F)cc1C#CCCO. The van der Waals surface area contributed by atoms with E-state index in [9.17, 15) is 17.2 Å². The number of hydrogen-bond acceptors (Lipinski definition) is 3. The van der Waals surface area contributed by atoms with Gasteiger partial charge in [0.2, 0.25) is 10.0 Å². The van der Waals surface area contributed by atoms with Gasteiger partial charge >= 0.3 is 0 Å². The molecular weight excluding hydrogens is 300 g/mol. The Morgan fingerprint density at radius 1 is 1.33 bits per heavy atom. The summed E-state index contributed by atoms with van der Waals surface area (Å²) in [5.74, 6) is 2.78. The molecular formula is C14H17F2NO3S. The number of benzene rings is 1. The minimum absolute atomic E-state index is 0.0810. The minimum Gasteiger partial charge on any atom is -0.395 e. The Morgan fingerprint density at radius 2 is 1.95 bits per heavy atom. The van der Waals surface area contributed by atoms with Gasteiger partial charge in [-0.15, -0.1) is 0 Å². The number of aliphatic hydroxyl groups is 1. The lowest BCUT2D eigenvalue weighted by Gasteiger charge is -2.22. The van der Waals surface area contributed by atoms with Crippen molar-refractivity contribution in [2.24, 2.45) is 0 Å². The van der Waals surface area contributed by atoms with Crippen LogP contribution in [0, 0.1) is 23.5 Å². The molecule has 1 aromatic rings. The molecule has 0 bridgehead atoms. The highest BCUT2D eigenvalue weighted by Crippen LogP contribution is 2.25. The van der Waals surface area contributed by atoms with Gasteiger partial charge in [0.1, 0.15) is 16.5 Å². The molecule has 0 spiro atoms. The average molecular weight is 317 g/mol. The maximum absolute atomic E-state index is 14.0. The number of nitrogens with zero attached hydrogens (tertiary/aromatic N) is 1. The standard InChI is InChI=1S/C14H17F2NO3S/c1-10(2)17(3)21(19,20)14-11(6-4-5-7-18)8-12(15)9-13(14)16/h8-10,18H,5,7H2,1-3H3. The summed E-state index contributed by atoms with van der Waals surface area (Å²) in [6.07, 6.45) is 0.0810. The van der Waals surface area contributed by atoms with E-state index in [0.717, 1.165) is 10.4 Å². The van der Waals surface area contributed by atoms with Gasteiger partial charge in [-0.1, -0.05) is 11.8 Å². The lowest BCUT2D eigenvalue weighted by atomic mass is 10.2. The van der Waals surface area contributed by atoms with Gasteiger partial charge in [0, 0.05) is 25.6 Å². The third-order valence-corrected chi connectivity index (χ3v) is 4.94. The van der Waals surface area contributed by atoms with E-state index < -0.39 is 32.6 Å². The molecule has 0 radical (unpaired) electrons. The van der Waals surface area contributed by atoms with E-state index in [-0.39, 0.29) is 18.6 Å². The number of aliphatic hydroxyl groups excluding tert-OH is 1. The molecule has 4 nitrogen and oxygen atoms in total. The predicted octanol–water partition coefficient (Wildman–Crippen LogP) is 1.73. The normalized spacial score (nSPS) is 11.6. The van der Waals surface area contributed by atoms with Crippen molar-refractivity contribution in [2.45, 2.75) is 31.2 Å². The Balaban J connectivity index is 3.52. The zero-order chi connectivity index (χ0) is 16.2. The molecule has 116 valence electrons. The molecule has 0 aliphatic carbocycles. The van der Waals surface area contributed by atoms with Gasteiger partial charge in [-0.2, -0.15) is 4.31 Å². The summed E-state index contributed by atoms with van der Waals surface area (Å²) in [5, 5.41) is 8.67. The first-order valence-electron chi connectivity index (χ1n) is 6.28. The van der Waals surface area contributed by atoms with Gasteiger partial charge in [-0.05, 0) is 19.9 Å². The fraction of sp³-hybridized carbons (Fsp3) is 0.429. The van der Waals surface area contributed by atoms with Crippen LogP contribution in [0.3, 0.4) is 0 Å². The number of hydrogen-bond donors (Lipinski definition) is 1. The number of sulfonamides is 1. The molecule has 0 unspecified atom stereocenters. The Morgan fingerprint density at radius 3 is 2.48 bits per heavy atom. The highest BCUT2D eigenvalue weighted by Gasteiger charge is 2.29. The Labute approximate surface area is 123 Å². The first kappa shape index (κ1) is 17.6. The van der Waals surface area contributed by atoms with Crippen molar-refractivity contribution in [3.8, 4) is 11.8 Å². The zero-order valence-electron chi connectivity index (χ0n) is 12.0. The van der Waals surface area contributed by atoms with Crippen LogP contribution in [0.2, 0.25) is 0 Å². The van der Waals surface area contributed by atoms with Crippen LogP contribution in [0.1, 0.15) is 25.8 Å². The third kappa shape index (κ3) is 4.00. The average Bonchev–Trinajstić information content (AvgIpc) is 2.36. The van der Waals surface area contributed by atoms with Crippen molar-refractivity contribution in [2.75, 3.05) is 13.7 Å². The summed E-state index contributed by atoms with van der Waals surface area (Å²) >= 11 is 0. The van der Waals surface area contributed by atoms with Crippen molar-refractivity contribution in [1.82, 2.24) is 4.31 Å². The molecule has 0 saturated carbocycles. The summed E-state index contributed by atoms with van der Waals surface area (Å²) < 4.78 is 53.1. The molecule has 21 heavy (non-hydrogen) atoms. The topological polar surface area (TPSA) is 57.6 Å². The Kier molecular flexibility index (Phi) is 5.84. The molecule has 1 aromatic carbocycles. The molecule has 0 heterocycles. The molecule has 0 aliphatic rings. The lowest BCUT2D eigenvalue weighted by molar-refractivity contribution is 0.305. The fourth-order valence-electron chi connectivity index (χ4n) is 1.55. The van der Waals surface area contributed by atoms with Gasteiger partial charge in [0.05, 0.1) is 12.2 Å². The maximum Gasteiger partial charge on any atom is 0.247 e. The van der Waals surface area contributed by atoms with Gasteiger partial charge < -0.3 is 5.11 Å². The molecule has 7 heteroatoms. The first-order chi connectivity index (χ1) is 9.71. The van der Waals surface area contributed by atoms with E-state index in [2.05, 4.69) is 11.8 Å². The first-order valence-corrected chi connectivity index (χ1v) is 7.72. The minimum atomic E-state index is -4.13. The summed E-state index contributed by atoms with van der Waals surface area (Å²) in [4.78, 5) is -0.648. The van der Waals surface area contributed by atoms with Crippen molar-refractivity contribution in [3.63, 3.8) is 0 Å². The predicted molar refractivity (Wildman–Crippen MR) is 75.0 cm³/mol. The lowest BCUT2D eigenvalue weighted by Crippen LogP contribution is -2.34. The molecule has 0 fully saturated rings. The molecule has 0 aliphatic heterocycles. The van der Waals surface area contributed by atoms with E-state index in [0.29, 0.717) is 6.07 Å². The third-order valence-electron chi connectivity index (χ3n) is 2.83. The van der Waals surface area contributed by atoms with Gasteiger partial charge in [-0.25, -0.2) is 17.2 Å². The van der Waals surface area contributed by atoms with E-state index >= 15 is 0 Å². The van der Waals surface area contributed by atoms with E-state index in [1.165, 1.54) is 7.05 Å². The zero-order valence-corrected chi connectivity index (χ0v) is 12.8. The smallest absolute Gasteiger partial charge is 0.247 e. The molecule has 1 rings (SSSR count). The van der Waals surface area contributed by atoms with Crippen molar-refractivity contribution in [1.29, 1.82) is 0 Å². The highest BCUT2D eigenvalue weighted by atomic mass is 32.2. The van der Waals surface area contributed by atoms with Crippen LogP contribution in [0.25, 0.3) is 0 Å². The van der Waals surface area contributed by atoms with Crippen LogP contribution in [0.5, 0.6) is 0 Å². The summed E-state index contributed by atoms with van der Waals surface area (Å²) in [6, 6.07) is 0.991. The van der Waals surface area contributed by atoms with Crippen LogP contribution in [0.4, 0.5) is 8.78 Å². The second-order valence-electron chi connectivity index (χ2n) is 4.65. The second kappa shape index (κ2) is 6.98. The van der Waals surface area contributed by atoms with Crippen molar-refractivity contribution in [3.05, 3.63) is 29.3 Å². The van der Waals surface area contributed by atoms with Crippen molar-refractivity contribution < 1.29 is 22.3 Å². The van der Waals surface area contributed by atoms with Crippen LogP contribution in [-0.4, -0.2) is 37.5 Å². The number of rotatable bonds is 4. The van der Waals surface area contributed by atoms with E-state index in [1.54, 1.807) is 13.8 Å². The Hall–Kier alpha value is -1.49. The van der Waals surface area contributed by atoms with Gasteiger partial charge in [0.25, 0.3) is 0 Å². The molecule has 0 aromatic heterocycles. The van der Waals surface area contributed by atoms with Gasteiger partial charge in [0.15, 0.2) is 0 Å². The summed E-state index contributed by atoms with van der Waals surface area (Å²) in [6.45, 7) is 3.05. The van der Waals surface area contributed by atoms with Crippen LogP contribution < -0.4 is 0 Å². The quantitative estimate of drug-likeness (QED) is 0.861. The Bertz CT molecular complexity index is 675. The molecule has 1 N–H and O–H groups in total. The maximum atomic E-state index is 14.0. The number of halogens is 2. The van der Waals surface area contributed by atoms with Crippen LogP contribution in [-0.2, 0) is 10.0 Å². The second-order valence-corrected chi connectivity index (χ2v) is 6.59. The van der Waals surface area contributed by atoms with Crippen LogP contribution >= 0.6 is 0 Å². The highest BCUT2D eigenvalue weighted by molar-refractivity contribution is 7.89. The summed E-state index contributed by atoms with van der Waals surface area (Å²) in [5.41, 5.74) is -0.256.